The first-order valence-electron chi connectivity index (χ1n) is 9.92. The van der Waals surface area contributed by atoms with Gasteiger partial charge in [0, 0.05) is 26.2 Å². The normalized spacial score (nSPS) is 16.3. The summed E-state index contributed by atoms with van der Waals surface area (Å²) in [5.41, 5.74) is 1.34. The lowest BCUT2D eigenvalue weighted by Gasteiger charge is -2.37. The van der Waals surface area contributed by atoms with Gasteiger partial charge in [-0.05, 0) is 43.4 Å². The Morgan fingerprint density at radius 2 is 1.67 bits per heavy atom. The minimum atomic E-state index is -3.65. The van der Waals surface area contributed by atoms with Crippen LogP contribution >= 0.6 is 0 Å². The van der Waals surface area contributed by atoms with Gasteiger partial charge in [0.25, 0.3) is 0 Å². The summed E-state index contributed by atoms with van der Waals surface area (Å²) in [6.07, 6.45) is 0. The lowest BCUT2D eigenvalue weighted by molar-refractivity contribution is -0.138. The third-order valence-corrected chi connectivity index (χ3v) is 7.37. The quantitative estimate of drug-likeness (QED) is 0.706. The number of nitrogens with zero attached hydrogens (tertiary/aromatic N) is 4. The van der Waals surface area contributed by atoms with E-state index in [1.54, 1.807) is 4.90 Å². The number of nitriles is 1. The Kier molecular flexibility index (Phi) is 6.87. The summed E-state index contributed by atoms with van der Waals surface area (Å²) in [7, 11) is -1.74. The Bertz CT molecular complexity index is 1010. The number of carbonyl (C=O) groups excluding carboxylic acids is 1. The van der Waals surface area contributed by atoms with Gasteiger partial charge in [-0.25, -0.2) is 8.42 Å². The largest absolute Gasteiger partial charge is 0.338 e. The van der Waals surface area contributed by atoms with Crippen molar-refractivity contribution in [3.05, 3.63) is 65.7 Å². The fraction of sp³-hybridized carbons (Fsp3) is 0.364. The fourth-order valence-corrected chi connectivity index (χ4v) is 5.00. The van der Waals surface area contributed by atoms with Crippen molar-refractivity contribution < 1.29 is 13.2 Å². The van der Waals surface area contributed by atoms with Crippen LogP contribution in [-0.2, 0) is 14.8 Å². The van der Waals surface area contributed by atoms with E-state index in [1.807, 2.05) is 55.3 Å². The van der Waals surface area contributed by atoms with E-state index in [4.69, 9.17) is 5.26 Å². The summed E-state index contributed by atoms with van der Waals surface area (Å²) >= 11 is 0. The van der Waals surface area contributed by atoms with Crippen molar-refractivity contribution in [1.29, 1.82) is 5.26 Å². The molecule has 30 heavy (non-hydrogen) atoms. The third kappa shape index (κ3) is 4.54. The van der Waals surface area contributed by atoms with Crippen molar-refractivity contribution in [2.75, 3.05) is 39.8 Å². The number of amides is 1. The smallest absolute Gasteiger partial charge is 0.244 e. The van der Waals surface area contributed by atoms with Gasteiger partial charge in [0.15, 0.2) is 0 Å². The van der Waals surface area contributed by atoms with Crippen LogP contribution in [0.5, 0.6) is 0 Å². The molecule has 2 aromatic carbocycles. The van der Waals surface area contributed by atoms with Crippen molar-refractivity contribution in [3.63, 3.8) is 0 Å². The molecular weight excluding hydrogens is 400 g/mol. The van der Waals surface area contributed by atoms with Gasteiger partial charge in [0.05, 0.1) is 16.5 Å². The summed E-state index contributed by atoms with van der Waals surface area (Å²) < 4.78 is 27.2. The predicted molar refractivity (Wildman–Crippen MR) is 114 cm³/mol. The maximum atomic E-state index is 13.3. The van der Waals surface area contributed by atoms with Gasteiger partial charge in [0.1, 0.15) is 6.04 Å². The number of hydrogen-bond donors (Lipinski definition) is 0. The van der Waals surface area contributed by atoms with E-state index in [1.165, 1.54) is 28.6 Å². The van der Waals surface area contributed by atoms with Crippen LogP contribution in [0.4, 0.5) is 0 Å². The molecule has 1 aliphatic heterocycles. The molecule has 158 valence electrons. The average molecular weight is 427 g/mol. The highest BCUT2D eigenvalue weighted by Crippen LogP contribution is 2.24. The topological polar surface area (TPSA) is 84.7 Å². The van der Waals surface area contributed by atoms with Crippen LogP contribution in [0.25, 0.3) is 0 Å². The number of rotatable bonds is 6. The standard InChI is InChI=1S/C22H26N4O3S/c1-3-24(2)21(19-7-5-4-6-8-19)22(27)25-13-15-26(16-14-25)30(28,29)20-11-9-18(17-23)10-12-20/h4-12,21H,3,13-16H2,1-2H3. The molecule has 3 rings (SSSR count). The summed E-state index contributed by atoms with van der Waals surface area (Å²) in [6, 6.07) is 17.1. The minimum absolute atomic E-state index is 0.0130. The molecule has 0 spiro atoms. The molecule has 0 bridgehead atoms. The second-order valence-corrected chi connectivity index (χ2v) is 9.19. The van der Waals surface area contributed by atoms with Gasteiger partial charge in [-0.1, -0.05) is 37.3 Å². The Morgan fingerprint density at radius 1 is 1.07 bits per heavy atom. The maximum Gasteiger partial charge on any atom is 0.244 e. The highest BCUT2D eigenvalue weighted by atomic mass is 32.2. The molecule has 1 unspecified atom stereocenters. The van der Waals surface area contributed by atoms with Crippen molar-refractivity contribution in [2.24, 2.45) is 0 Å². The first-order chi connectivity index (χ1) is 14.4. The first kappa shape index (κ1) is 22.0. The molecule has 1 atom stereocenters. The Balaban J connectivity index is 1.72. The van der Waals surface area contributed by atoms with E-state index in [0.29, 0.717) is 18.7 Å². The lowest BCUT2D eigenvalue weighted by atomic mass is 10.0. The monoisotopic (exact) mass is 426 g/mol. The Hall–Kier alpha value is -2.73. The fourth-order valence-electron chi connectivity index (χ4n) is 3.58. The summed E-state index contributed by atoms with van der Waals surface area (Å²) in [6.45, 7) is 3.89. The number of piperazine rings is 1. The summed E-state index contributed by atoms with van der Waals surface area (Å²) in [4.78, 5) is 17.2. The van der Waals surface area contributed by atoms with E-state index in [0.717, 1.165) is 12.1 Å². The number of hydrogen-bond acceptors (Lipinski definition) is 5. The molecule has 1 heterocycles. The Morgan fingerprint density at radius 3 is 2.20 bits per heavy atom. The minimum Gasteiger partial charge on any atom is -0.338 e. The molecule has 1 fully saturated rings. The molecule has 0 aromatic heterocycles. The molecule has 2 aromatic rings. The van der Waals surface area contributed by atoms with Crippen molar-refractivity contribution >= 4 is 15.9 Å². The SMILES string of the molecule is CCN(C)C(C(=O)N1CCN(S(=O)(=O)c2ccc(C#N)cc2)CC1)c1ccccc1. The number of sulfonamides is 1. The molecule has 0 radical (unpaired) electrons. The molecule has 0 N–H and O–H groups in total. The van der Waals surface area contributed by atoms with Gasteiger partial charge in [-0.3, -0.25) is 9.69 Å². The van der Waals surface area contributed by atoms with E-state index in [-0.39, 0.29) is 23.9 Å². The first-order valence-corrected chi connectivity index (χ1v) is 11.4. The summed E-state index contributed by atoms with van der Waals surface area (Å²) in [5.74, 6) is -0.0130. The van der Waals surface area contributed by atoms with Gasteiger partial charge >= 0.3 is 0 Å². The molecule has 1 amide bonds. The molecule has 8 heteroatoms. The van der Waals surface area contributed by atoms with Gasteiger partial charge in [-0.15, -0.1) is 0 Å². The van der Waals surface area contributed by atoms with Crippen molar-refractivity contribution in [2.45, 2.75) is 17.9 Å². The van der Waals surface area contributed by atoms with Gasteiger partial charge in [0.2, 0.25) is 15.9 Å². The van der Waals surface area contributed by atoms with E-state index >= 15 is 0 Å². The van der Waals surface area contributed by atoms with Crippen LogP contribution in [0.1, 0.15) is 24.1 Å². The third-order valence-electron chi connectivity index (χ3n) is 5.46. The van der Waals surface area contributed by atoms with Crippen LogP contribution < -0.4 is 0 Å². The zero-order chi connectivity index (χ0) is 21.7. The predicted octanol–water partition coefficient (Wildman–Crippen LogP) is 2.08. The highest BCUT2D eigenvalue weighted by Gasteiger charge is 2.34. The highest BCUT2D eigenvalue weighted by molar-refractivity contribution is 7.89. The molecule has 0 saturated carbocycles. The maximum absolute atomic E-state index is 13.3. The van der Waals surface area contributed by atoms with Crippen molar-refractivity contribution in [1.82, 2.24) is 14.1 Å². The second kappa shape index (κ2) is 9.39. The van der Waals surface area contributed by atoms with E-state index in [2.05, 4.69) is 0 Å². The summed E-state index contributed by atoms with van der Waals surface area (Å²) in [5, 5.41) is 8.89. The van der Waals surface area contributed by atoms with Crippen LogP contribution in [-0.4, -0.2) is 68.2 Å². The van der Waals surface area contributed by atoms with E-state index in [9.17, 15) is 13.2 Å². The molecule has 1 saturated heterocycles. The van der Waals surface area contributed by atoms with Crippen molar-refractivity contribution in [3.8, 4) is 6.07 Å². The number of carbonyl (C=O) groups is 1. The average Bonchev–Trinajstić information content (AvgIpc) is 2.79. The van der Waals surface area contributed by atoms with Crippen LogP contribution in [0, 0.1) is 11.3 Å². The molecule has 1 aliphatic rings. The zero-order valence-corrected chi connectivity index (χ0v) is 18.0. The number of benzene rings is 2. The van der Waals surface area contributed by atoms with Crippen LogP contribution in [0.2, 0.25) is 0 Å². The van der Waals surface area contributed by atoms with Gasteiger partial charge < -0.3 is 4.90 Å². The number of likely N-dealkylation sites (N-methyl/N-ethyl adjacent to an activating group) is 1. The van der Waals surface area contributed by atoms with Crippen LogP contribution in [0.15, 0.2) is 59.5 Å². The van der Waals surface area contributed by atoms with E-state index < -0.39 is 16.1 Å². The molecule has 0 aliphatic carbocycles. The lowest BCUT2D eigenvalue weighted by Crippen LogP contribution is -2.53. The molecular formula is C22H26N4O3S. The molecule has 7 nitrogen and oxygen atoms in total. The van der Waals surface area contributed by atoms with Gasteiger partial charge in [-0.2, -0.15) is 9.57 Å². The Labute approximate surface area is 178 Å². The van der Waals surface area contributed by atoms with Crippen LogP contribution in [0.3, 0.4) is 0 Å². The second-order valence-electron chi connectivity index (χ2n) is 7.25. The zero-order valence-electron chi connectivity index (χ0n) is 17.2.